The number of carbonyl (C=O) groups excluding carboxylic acids is 1. The van der Waals surface area contributed by atoms with Crippen molar-refractivity contribution in [2.45, 2.75) is 32.7 Å². The number of rotatable bonds is 7. The second kappa shape index (κ2) is 9.50. The summed E-state index contributed by atoms with van der Waals surface area (Å²) < 4.78 is 24.8. The van der Waals surface area contributed by atoms with Crippen LogP contribution in [0.2, 0.25) is 0 Å². The van der Waals surface area contributed by atoms with Gasteiger partial charge in [0, 0.05) is 44.1 Å². The lowest BCUT2D eigenvalue weighted by Crippen LogP contribution is -2.38. The zero-order valence-electron chi connectivity index (χ0n) is 17.1. The lowest BCUT2D eigenvalue weighted by Gasteiger charge is -2.30. The Balaban J connectivity index is 1.57. The van der Waals surface area contributed by atoms with Gasteiger partial charge in [0.1, 0.15) is 0 Å². The maximum atomic E-state index is 12.9. The van der Waals surface area contributed by atoms with Gasteiger partial charge < -0.3 is 4.90 Å². The van der Waals surface area contributed by atoms with Gasteiger partial charge >= 0.3 is 0 Å². The lowest BCUT2D eigenvalue weighted by atomic mass is 9.90. The third-order valence-electron chi connectivity index (χ3n) is 5.56. The summed E-state index contributed by atoms with van der Waals surface area (Å²) in [6.45, 7) is 4.39. The first-order valence-corrected chi connectivity index (χ1v) is 11.9. The Morgan fingerprint density at radius 2 is 1.69 bits per heavy atom. The van der Waals surface area contributed by atoms with Crippen molar-refractivity contribution in [3.63, 3.8) is 0 Å². The first-order valence-electron chi connectivity index (χ1n) is 10.1. The molecule has 1 aliphatic rings. The standard InChI is InChI=1S/C22H29N3O3S/c1-3-24(17-20-8-12-23-13-9-20)22(26)21-6-4-18(5-7-21)16-19-10-14-25(15-11-19)29(2,27)28/h4-9,12-13,19H,3,10-11,14-17H2,1-2H3. The van der Waals surface area contributed by atoms with Crippen LogP contribution in [0.3, 0.4) is 0 Å². The normalized spacial score (nSPS) is 15.9. The molecule has 0 saturated carbocycles. The SMILES string of the molecule is CCN(Cc1ccncc1)C(=O)c1ccc(CC2CCN(S(C)(=O)=O)CC2)cc1. The number of nitrogens with zero attached hydrogens (tertiary/aromatic N) is 3. The Kier molecular flexibility index (Phi) is 7.03. The minimum atomic E-state index is -3.08. The molecule has 2 aromatic rings. The fraction of sp³-hybridized carbons (Fsp3) is 0.455. The molecule has 29 heavy (non-hydrogen) atoms. The van der Waals surface area contributed by atoms with Crippen LogP contribution in [0.4, 0.5) is 0 Å². The zero-order valence-corrected chi connectivity index (χ0v) is 17.9. The molecule has 2 heterocycles. The molecule has 0 radical (unpaired) electrons. The van der Waals surface area contributed by atoms with Crippen molar-refractivity contribution in [3.8, 4) is 0 Å². The quantitative estimate of drug-likeness (QED) is 0.697. The van der Waals surface area contributed by atoms with Gasteiger partial charge in [-0.3, -0.25) is 9.78 Å². The highest BCUT2D eigenvalue weighted by atomic mass is 32.2. The molecule has 0 atom stereocenters. The van der Waals surface area contributed by atoms with Crippen molar-refractivity contribution in [3.05, 3.63) is 65.5 Å². The van der Waals surface area contributed by atoms with Crippen molar-refractivity contribution in [2.75, 3.05) is 25.9 Å². The maximum absolute atomic E-state index is 12.9. The van der Waals surface area contributed by atoms with Gasteiger partial charge in [-0.05, 0) is 67.5 Å². The van der Waals surface area contributed by atoms with E-state index in [1.807, 2.05) is 48.2 Å². The fourth-order valence-corrected chi connectivity index (χ4v) is 4.65. The van der Waals surface area contributed by atoms with Crippen LogP contribution in [0.5, 0.6) is 0 Å². The van der Waals surface area contributed by atoms with Gasteiger partial charge in [-0.15, -0.1) is 0 Å². The van der Waals surface area contributed by atoms with Crippen molar-refractivity contribution in [2.24, 2.45) is 5.92 Å². The second-order valence-electron chi connectivity index (χ2n) is 7.68. The zero-order chi connectivity index (χ0) is 20.9. The monoisotopic (exact) mass is 415 g/mol. The molecule has 0 N–H and O–H groups in total. The van der Waals surface area contributed by atoms with E-state index in [4.69, 9.17) is 0 Å². The predicted octanol–water partition coefficient (Wildman–Crippen LogP) is 2.96. The van der Waals surface area contributed by atoms with E-state index in [0.29, 0.717) is 37.7 Å². The summed E-state index contributed by atoms with van der Waals surface area (Å²) in [7, 11) is -3.08. The van der Waals surface area contributed by atoms with E-state index in [0.717, 1.165) is 24.8 Å². The highest BCUT2D eigenvalue weighted by Gasteiger charge is 2.25. The highest BCUT2D eigenvalue weighted by molar-refractivity contribution is 7.88. The maximum Gasteiger partial charge on any atom is 0.254 e. The Morgan fingerprint density at radius 3 is 2.24 bits per heavy atom. The molecule has 3 rings (SSSR count). The van der Waals surface area contributed by atoms with E-state index in [2.05, 4.69) is 4.98 Å². The van der Waals surface area contributed by atoms with Crippen LogP contribution in [0.25, 0.3) is 0 Å². The van der Waals surface area contributed by atoms with E-state index in [9.17, 15) is 13.2 Å². The molecule has 0 spiro atoms. The molecular formula is C22H29N3O3S. The number of carbonyl (C=O) groups is 1. The number of piperidine rings is 1. The van der Waals surface area contributed by atoms with Crippen LogP contribution in [0.1, 0.15) is 41.3 Å². The molecule has 1 amide bonds. The average Bonchev–Trinajstić information content (AvgIpc) is 2.72. The molecule has 0 bridgehead atoms. The minimum absolute atomic E-state index is 0.0253. The van der Waals surface area contributed by atoms with E-state index < -0.39 is 10.0 Å². The van der Waals surface area contributed by atoms with Crippen molar-refractivity contribution < 1.29 is 13.2 Å². The van der Waals surface area contributed by atoms with Gasteiger partial charge in [0.05, 0.1) is 6.26 Å². The molecule has 7 heteroatoms. The van der Waals surface area contributed by atoms with Gasteiger partial charge in [-0.1, -0.05) is 12.1 Å². The topological polar surface area (TPSA) is 70.6 Å². The Labute approximate surface area is 173 Å². The van der Waals surface area contributed by atoms with E-state index in [-0.39, 0.29) is 5.91 Å². The second-order valence-corrected chi connectivity index (χ2v) is 9.66. The molecule has 1 aromatic carbocycles. The number of hydrogen-bond acceptors (Lipinski definition) is 4. The number of benzene rings is 1. The Hall–Kier alpha value is -2.25. The number of sulfonamides is 1. The van der Waals surface area contributed by atoms with Crippen molar-refractivity contribution in [1.29, 1.82) is 0 Å². The smallest absolute Gasteiger partial charge is 0.254 e. The van der Waals surface area contributed by atoms with Crippen molar-refractivity contribution >= 4 is 15.9 Å². The Morgan fingerprint density at radius 1 is 1.07 bits per heavy atom. The van der Waals surface area contributed by atoms with E-state index >= 15 is 0 Å². The number of aromatic nitrogens is 1. The molecule has 1 aromatic heterocycles. The average molecular weight is 416 g/mol. The molecule has 1 fully saturated rings. The van der Waals surface area contributed by atoms with Crippen molar-refractivity contribution in [1.82, 2.24) is 14.2 Å². The molecule has 6 nitrogen and oxygen atoms in total. The van der Waals surface area contributed by atoms with Gasteiger partial charge in [0.25, 0.3) is 5.91 Å². The third-order valence-corrected chi connectivity index (χ3v) is 6.86. The Bertz CT molecular complexity index is 906. The van der Waals surface area contributed by atoms with Crippen LogP contribution in [-0.4, -0.2) is 54.4 Å². The van der Waals surface area contributed by atoms with Crippen LogP contribution in [0, 0.1) is 5.92 Å². The largest absolute Gasteiger partial charge is 0.335 e. The van der Waals surface area contributed by atoms with E-state index in [1.165, 1.54) is 11.8 Å². The van der Waals surface area contributed by atoms with Gasteiger partial charge in [-0.25, -0.2) is 12.7 Å². The molecule has 1 saturated heterocycles. The molecule has 0 aliphatic carbocycles. The van der Waals surface area contributed by atoms with Crippen LogP contribution >= 0.6 is 0 Å². The first kappa shape index (κ1) is 21.5. The molecule has 0 unspecified atom stereocenters. The summed E-state index contributed by atoms with van der Waals surface area (Å²) in [5, 5.41) is 0. The number of pyridine rings is 1. The summed E-state index contributed by atoms with van der Waals surface area (Å²) in [5.41, 5.74) is 2.94. The molecule has 1 aliphatic heterocycles. The summed E-state index contributed by atoms with van der Waals surface area (Å²) in [6, 6.07) is 11.7. The molecular weight excluding hydrogens is 386 g/mol. The van der Waals surface area contributed by atoms with Crippen LogP contribution in [0.15, 0.2) is 48.8 Å². The van der Waals surface area contributed by atoms with Gasteiger partial charge in [0.15, 0.2) is 0 Å². The van der Waals surface area contributed by atoms with Crippen LogP contribution < -0.4 is 0 Å². The first-order chi connectivity index (χ1) is 13.9. The van der Waals surface area contributed by atoms with Gasteiger partial charge in [-0.2, -0.15) is 0 Å². The van der Waals surface area contributed by atoms with Crippen LogP contribution in [-0.2, 0) is 23.0 Å². The third kappa shape index (κ3) is 5.87. The summed E-state index contributed by atoms with van der Waals surface area (Å²) in [6.07, 6.45) is 7.43. The summed E-state index contributed by atoms with van der Waals surface area (Å²) in [5.74, 6) is 0.505. The number of hydrogen-bond donors (Lipinski definition) is 0. The van der Waals surface area contributed by atoms with Gasteiger partial charge in [0.2, 0.25) is 10.0 Å². The highest BCUT2D eigenvalue weighted by Crippen LogP contribution is 2.23. The lowest BCUT2D eigenvalue weighted by molar-refractivity contribution is 0.0752. The van der Waals surface area contributed by atoms with E-state index in [1.54, 1.807) is 16.7 Å². The minimum Gasteiger partial charge on any atom is -0.335 e. The summed E-state index contributed by atoms with van der Waals surface area (Å²) >= 11 is 0. The molecule has 156 valence electrons. The number of amides is 1. The predicted molar refractivity (Wildman–Crippen MR) is 114 cm³/mol. The fourth-order valence-electron chi connectivity index (χ4n) is 3.78. The summed E-state index contributed by atoms with van der Waals surface area (Å²) in [4.78, 5) is 18.7.